The molecule has 0 heterocycles. The molecule has 0 bridgehead atoms. The van der Waals surface area contributed by atoms with Gasteiger partial charge in [-0.1, -0.05) is 0 Å². The molecular formula is C13H25N5O7. The van der Waals surface area contributed by atoms with Crippen LogP contribution in [0.3, 0.4) is 0 Å². The van der Waals surface area contributed by atoms with Crippen LogP contribution < -0.4 is 22.5 Å². The van der Waals surface area contributed by atoms with Crippen LogP contribution in [0.1, 0.15) is 32.6 Å². The molecule has 0 radical (unpaired) electrons. The number of aliphatic imine (C=N–C) groups is 1. The van der Waals surface area contributed by atoms with E-state index in [1.54, 1.807) is 0 Å². The first-order valence-electron chi connectivity index (χ1n) is 7.22. The second-order valence-corrected chi connectivity index (χ2v) is 4.91. The van der Waals surface area contributed by atoms with E-state index in [1.807, 2.05) is 0 Å². The summed E-state index contributed by atoms with van der Waals surface area (Å²) in [7, 11) is 0. The van der Waals surface area contributed by atoms with Crippen LogP contribution in [0.25, 0.3) is 0 Å². The second-order valence-electron chi connectivity index (χ2n) is 4.91. The summed E-state index contributed by atoms with van der Waals surface area (Å²) in [6, 6.07) is -2.19. The quantitative estimate of drug-likeness (QED) is 0.127. The lowest BCUT2D eigenvalue weighted by Gasteiger charge is -2.17. The van der Waals surface area contributed by atoms with Gasteiger partial charge in [0.05, 0.1) is 6.04 Å². The number of carboxylic acids is 3. The van der Waals surface area contributed by atoms with E-state index in [9.17, 15) is 14.4 Å². The van der Waals surface area contributed by atoms with E-state index in [0.717, 1.165) is 6.92 Å². The van der Waals surface area contributed by atoms with Gasteiger partial charge in [0.25, 0.3) is 5.97 Å². The number of amides is 1. The average molecular weight is 363 g/mol. The number of nitrogens with one attached hydrogen (secondary N) is 1. The lowest BCUT2D eigenvalue weighted by atomic mass is 10.1. The highest BCUT2D eigenvalue weighted by Crippen LogP contribution is 2.01. The fraction of sp³-hybridized carbons (Fsp3) is 0.615. The van der Waals surface area contributed by atoms with Crippen molar-refractivity contribution in [2.24, 2.45) is 22.2 Å². The minimum Gasteiger partial charge on any atom is -0.481 e. The molecule has 0 saturated carbocycles. The Bertz CT molecular complexity index is 487. The van der Waals surface area contributed by atoms with Gasteiger partial charge in [0, 0.05) is 19.9 Å². The van der Waals surface area contributed by atoms with Gasteiger partial charge in [0.15, 0.2) is 5.96 Å². The maximum absolute atomic E-state index is 11.7. The summed E-state index contributed by atoms with van der Waals surface area (Å²) in [4.78, 5) is 45.7. The summed E-state index contributed by atoms with van der Waals surface area (Å²) in [5.74, 6) is -3.92. The van der Waals surface area contributed by atoms with Crippen molar-refractivity contribution in [3.8, 4) is 0 Å². The molecule has 12 heteroatoms. The molecule has 0 aliphatic carbocycles. The summed E-state index contributed by atoms with van der Waals surface area (Å²) in [5.41, 5.74) is 15.7. The summed E-state index contributed by atoms with van der Waals surface area (Å²) in [6.07, 6.45) is 0.154. The number of carbonyl (C=O) groups excluding carboxylic acids is 1. The Balaban J connectivity index is 0. The first kappa shape index (κ1) is 24.4. The molecule has 0 aromatic carbocycles. The number of nitrogens with zero attached hydrogens (tertiary/aromatic N) is 1. The third-order valence-corrected chi connectivity index (χ3v) is 2.57. The maximum atomic E-state index is 11.7. The number of nitrogens with two attached hydrogens (primary N) is 3. The van der Waals surface area contributed by atoms with Crippen LogP contribution in [0.5, 0.6) is 0 Å². The Morgan fingerprint density at radius 1 is 1.08 bits per heavy atom. The van der Waals surface area contributed by atoms with Gasteiger partial charge >= 0.3 is 11.9 Å². The molecule has 0 aromatic rings. The van der Waals surface area contributed by atoms with Gasteiger partial charge in [-0.15, -0.1) is 0 Å². The minimum absolute atomic E-state index is 0.0680. The predicted molar refractivity (Wildman–Crippen MR) is 87.6 cm³/mol. The minimum atomic E-state index is -1.21. The number of hydrogen-bond acceptors (Lipinski definition) is 6. The van der Waals surface area contributed by atoms with Gasteiger partial charge in [0.1, 0.15) is 6.04 Å². The molecule has 1 amide bonds. The number of hydrogen-bond donors (Lipinski definition) is 7. The molecular weight excluding hydrogens is 338 g/mol. The van der Waals surface area contributed by atoms with E-state index in [4.69, 9.17) is 37.3 Å². The molecule has 0 rings (SSSR count). The van der Waals surface area contributed by atoms with Crippen molar-refractivity contribution in [1.82, 2.24) is 5.32 Å². The zero-order valence-corrected chi connectivity index (χ0v) is 13.8. The van der Waals surface area contributed by atoms with E-state index >= 15 is 0 Å². The number of carbonyl (C=O) groups is 4. The molecule has 0 aliphatic rings. The number of guanidine groups is 1. The third-order valence-electron chi connectivity index (χ3n) is 2.57. The van der Waals surface area contributed by atoms with Crippen LogP contribution in [0.2, 0.25) is 0 Å². The van der Waals surface area contributed by atoms with E-state index in [2.05, 4.69) is 10.3 Å². The van der Waals surface area contributed by atoms with E-state index in [0.29, 0.717) is 6.42 Å². The first-order valence-corrected chi connectivity index (χ1v) is 7.22. The van der Waals surface area contributed by atoms with Crippen molar-refractivity contribution in [3.63, 3.8) is 0 Å². The number of aliphatic carboxylic acids is 3. The van der Waals surface area contributed by atoms with Crippen LogP contribution in [-0.2, 0) is 19.2 Å². The second kappa shape index (κ2) is 13.5. The standard InChI is InChI=1S/C11H21N5O5.C2H4O2/c12-6(3-4-8(17)18)9(19)16-7(10(20)21)2-1-5-15-11(13)14;1-2(3)4/h6-7H,1-5,12H2,(H,16,19)(H,17,18)(H,20,21)(H4,13,14,15);1H3,(H,3,4)/t6-,7-;/m0./s1. The molecule has 2 atom stereocenters. The number of rotatable bonds is 10. The van der Waals surface area contributed by atoms with Crippen molar-refractivity contribution >= 4 is 29.8 Å². The van der Waals surface area contributed by atoms with E-state index in [-0.39, 0.29) is 31.8 Å². The molecule has 0 saturated heterocycles. The fourth-order valence-corrected chi connectivity index (χ4v) is 1.45. The van der Waals surface area contributed by atoms with Gasteiger partial charge in [0.2, 0.25) is 5.91 Å². The van der Waals surface area contributed by atoms with Crippen LogP contribution in [0.4, 0.5) is 0 Å². The van der Waals surface area contributed by atoms with Gasteiger partial charge in [-0.05, 0) is 19.3 Å². The third kappa shape index (κ3) is 17.3. The van der Waals surface area contributed by atoms with Crippen LogP contribution in [0, 0.1) is 0 Å². The summed E-state index contributed by atoms with van der Waals surface area (Å²) >= 11 is 0. The Kier molecular flexibility index (Phi) is 13.2. The monoisotopic (exact) mass is 363 g/mol. The van der Waals surface area contributed by atoms with Crippen molar-refractivity contribution in [1.29, 1.82) is 0 Å². The van der Waals surface area contributed by atoms with E-state index < -0.39 is 35.9 Å². The van der Waals surface area contributed by atoms with Crippen LogP contribution >= 0.6 is 0 Å². The van der Waals surface area contributed by atoms with E-state index in [1.165, 1.54) is 0 Å². The van der Waals surface area contributed by atoms with Crippen LogP contribution in [-0.4, -0.2) is 63.7 Å². The summed E-state index contributed by atoms with van der Waals surface area (Å²) in [5, 5.41) is 27.2. The fourth-order valence-electron chi connectivity index (χ4n) is 1.45. The van der Waals surface area contributed by atoms with Crippen molar-refractivity contribution in [2.45, 2.75) is 44.7 Å². The molecule has 0 aliphatic heterocycles. The lowest BCUT2D eigenvalue weighted by Crippen LogP contribution is -2.48. The maximum Gasteiger partial charge on any atom is 0.326 e. The molecule has 0 spiro atoms. The summed E-state index contributed by atoms with van der Waals surface area (Å²) < 4.78 is 0. The zero-order chi connectivity index (χ0) is 20.0. The average Bonchev–Trinajstić information content (AvgIpc) is 2.46. The van der Waals surface area contributed by atoms with Crippen molar-refractivity contribution in [3.05, 3.63) is 0 Å². The zero-order valence-electron chi connectivity index (χ0n) is 13.8. The highest BCUT2D eigenvalue weighted by Gasteiger charge is 2.23. The highest BCUT2D eigenvalue weighted by atomic mass is 16.4. The first-order chi connectivity index (χ1) is 11.5. The van der Waals surface area contributed by atoms with Crippen molar-refractivity contribution in [2.75, 3.05) is 6.54 Å². The smallest absolute Gasteiger partial charge is 0.326 e. The van der Waals surface area contributed by atoms with Gasteiger partial charge in [-0.25, -0.2) is 4.79 Å². The molecule has 144 valence electrons. The Hall–Kier alpha value is -2.89. The summed E-state index contributed by atoms with van der Waals surface area (Å²) in [6.45, 7) is 1.33. The SMILES string of the molecule is CC(=O)O.NC(N)=NCCC[C@H](NC(=O)[C@@H](N)CCC(=O)O)C(=O)O. The Morgan fingerprint density at radius 2 is 1.60 bits per heavy atom. The van der Waals surface area contributed by atoms with Crippen LogP contribution in [0.15, 0.2) is 4.99 Å². The Morgan fingerprint density at radius 3 is 2.00 bits per heavy atom. The van der Waals surface area contributed by atoms with Crippen molar-refractivity contribution < 1.29 is 34.5 Å². The molecule has 0 aromatic heterocycles. The number of carboxylic acid groups (broad SMARTS) is 3. The molecule has 25 heavy (non-hydrogen) atoms. The van der Waals surface area contributed by atoms with Gasteiger partial charge < -0.3 is 37.8 Å². The Labute approximate surface area is 144 Å². The molecule has 0 unspecified atom stereocenters. The van der Waals surface area contributed by atoms with Gasteiger partial charge in [-0.3, -0.25) is 19.4 Å². The molecule has 12 nitrogen and oxygen atoms in total. The topological polar surface area (TPSA) is 231 Å². The van der Waals surface area contributed by atoms with Gasteiger partial charge in [-0.2, -0.15) is 0 Å². The largest absolute Gasteiger partial charge is 0.481 e. The highest BCUT2D eigenvalue weighted by molar-refractivity contribution is 5.87. The normalized spacial score (nSPS) is 11.9. The molecule has 0 fully saturated rings. The lowest BCUT2D eigenvalue weighted by molar-refractivity contribution is -0.142. The molecule has 10 N–H and O–H groups in total. The predicted octanol–water partition coefficient (Wildman–Crippen LogP) is -2.11.